The third-order valence-electron chi connectivity index (χ3n) is 8.19. The van der Waals surface area contributed by atoms with Crippen molar-refractivity contribution in [3.05, 3.63) is 141 Å². The number of rotatable bonds is 7. The smallest absolute Gasteiger partial charge is 0.259 e. The Morgan fingerprint density at radius 1 is 0.932 bits per heavy atom. The summed E-state index contributed by atoms with van der Waals surface area (Å²) in [6, 6.07) is 32.0. The molecule has 1 N–H and O–H groups in total. The highest BCUT2D eigenvalue weighted by molar-refractivity contribution is 14.1. The van der Waals surface area contributed by atoms with Crippen LogP contribution in [0, 0.1) is 3.57 Å². The van der Waals surface area contributed by atoms with Crippen LogP contribution < -0.4 is 5.32 Å². The van der Waals surface area contributed by atoms with Gasteiger partial charge in [0.05, 0.1) is 23.9 Å². The minimum atomic E-state index is -0.137. The lowest BCUT2D eigenvalue weighted by Crippen LogP contribution is -2.38. The van der Waals surface area contributed by atoms with E-state index in [-0.39, 0.29) is 18.5 Å². The number of nitrogens with zero attached hydrogens (tertiary/aromatic N) is 2. The third-order valence-corrected chi connectivity index (χ3v) is 9.13. The van der Waals surface area contributed by atoms with Crippen molar-refractivity contribution >= 4 is 56.9 Å². The Morgan fingerprint density at radius 2 is 1.70 bits per heavy atom. The molecular formula is C37H32IN3O3. The number of benzene rings is 3. The minimum absolute atomic E-state index is 0.137. The van der Waals surface area contributed by atoms with Crippen molar-refractivity contribution in [3.8, 4) is 0 Å². The Labute approximate surface area is 270 Å². The van der Waals surface area contributed by atoms with E-state index in [2.05, 4.69) is 52.2 Å². The summed E-state index contributed by atoms with van der Waals surface area (Å²) in [6.07, 6.45) is 9.31. The maximum absolute atomic E-state index is 14.6. The molecule has 44 heavy (non-hydrogen) atoms. The molecule has 1 fully saturated rings. The van der Waals surface area contributed by atoms with Crippen LogP contribution in [0.25, 0.3) is 28.4 Å². The summed E-state index contributed by atoms with van der Waals surface area (Å²) < 4.78 is 13.5. The SMILES string of the molecule is O=C(c1ccccc1I)N(Cc1ccco1)C1=C(NC2CCCCC2)O/C(=C\c2ccccc2)c2nc3ccccc3cc21. The van der Waals surface area contributed by atoms with Crippen LogP contribution in [0.1, 0.15) is 65.0 Å². The van der Waals surface area contributed by atoms with E-state index in [0.717, 1.165) is 51.3 Å². The molecule has 0 saturated heterocycles. The average molecular weight is 694 g/mol. The second kappa shape index (κ2) is 12.7. The van der Waals surface area contributed by atoms with Gasteiger partial charge in [-0.2, -0.15) is 0 Å². The molecule has 0 unspecified atom stereocenters. The van der Waals surface area contributed by atoms with E-state index in [9.17, 15) is 4.79 Å². The first-order valence-corrected chi connectivity index (χ1v) is 16.2. The lowest BCUT2D eigenvalue weighted by atomic mass is 9.95. The van der Waals surface area contributed by atoms with Crippen molar-refractivity contribution in [1.29, 1.82) is 0 Å². The molecule has 220 valence electrons. The van der Waals surface area contributed by atoms with Gasteiger partial charge in [0, 0.05) is 20.6 Å². The van der Waals surface area contributed by atoms with E-state index in [1.165, 1.54) is 6.42 Å². The molecular weight excluding hydrogens is 661 g/mol. The number of carbonyl (C=O) groups is 1. The minimum Gasteiger partial charge on any atom is -0.467 e. The van der Waals surface area contributed by atoms with Gasteiger partial charge in [0.25, 0.3) is 5.91 Å². The summed E-state index contributed by atoms with van der Waals surface area (Å²) in [7, 11) is 0. The Kier molecular flexibility index (Phi) is 8.20. The zero-order chi connectivity index (χ0) is 29.9. The number of nitrogens with one attached hydrogen (secondary N) is 1. The van der Waals surface area contributed by atoms with Crippen molar-refractivity contribution < 1.29 is 13.9 Å². The standard InChI is InChI=1S/C37H32IN3O3/c38-31-19-9-8-18-29(31)37(42)41(24-28-17-11-21-43-28)35-30-23-26-14-7-10-20-32(26)40-34(30)33(22-25-12-3-1-4-13-25)44-36(35)39-27-15-5-2-6-16-27/h1,3-4,7-14,17-23,27,39H,2,5-6,15-16,24H2/b33-22-. The fraction of sp³-hybridized carbons (Fsp3) is 0.189. The van der Waals surface area contributed by atoms with Crippen molar-refractivity contribution in [2.45, 2.75) is 44.7 Å². The highest BCUT2D eigenvalue weighted by Gasteiger charge is 2.35. The van der Waals surface area contributed by atoms with Gasteiger partial charge >= 0.3 is 0 Å². The van der Waals surface area contributed by atoms with Crippen LogP contribution in [-0.4, -0.2) is 21.8 Å². The monoisotopic (exact) mass is 693 g/mol. The molecule has 0 spiro atoms. The van der Waals surface area contributed by atoms with Gasteiger partial charge in [0.1, 0.15) is 17.2 Å². The van der Waals surface area contributed by atoms with Gasteiger partial charge in [-0.3, -0.25) is 9.69 Å². The predicted molar refractivity (Wildman–Crippen MR) is 182 cm³/mol. The summed E-state index contributed by atoms with van der Waals surface area (Å²) in [6.45, 7) is 0.231. The quantitative estimate of drug-likeness (QED) is 0.173. The maximum atomic E-state index is 14.6. The van der Waals surface area contributed by atoms with Gasteiger partial charge in [0.2, 0.25) is 5.88 Å². The number of pyridine rings is 1. The number of ether oxygens (including phenoxy) is 1. The molecule has 1 aliphatic heterocycles. The number of carbonyl (C=O) groups excluding carboxylic acids is 1. The summed E-state index contributed by atoms with van der Waals surface area (Å²) >= 11 is 2.23. The van der Waals surface area contributed by atoms with Crippen LogP contribution >= 0.6 is 22.6 Å². The van der Waals surface area contributed by atoms with Crippen LogP contribution in [0.3, 0.4) is 0 Å². The molecule has 3 aromatic carbocycles. The molecule has 3 heterocycles. The first-order valence-electron chi connectivity index (χ1n) is 15.1. The second-order valence-corrected chi connectivity index (χ2v) is 12.4. The molecule has 0 bridgehead atoms. The Hall–Kier alpha value is -4.37. The van der Waals surface area contributed by atoms with Crippen molar-refractivity contribution in [2.75, 3.05) is 0 Å². The van der Waals surface area contributed by atoms with E-state index in [1.54, 1.807) is 11.2 Å². The number of amides is 1. The largest absolute Gasteiger partial charge is 0.467 e. The first-order chi connectivity index (χ1) is 21.6. The summed E-state index contributed by atoms with van der Waals surface area (Å²) in [5.41, 5.74) is 4.67. The van der Waals surface area contributed by atoms with Gasteiger partial charge in [-0.15, -0.1) is 0 Å². The van der Waals surface area contributed by atoms with Gasteiger partial charge in [-0.05, 0) is 83.5 Å². The van der Waals surface area contributed by atoms with Crippen LogP contribution in [-0.2, 0) is 11.3 Å². The molecule has 0 atom stereocenters. The summed E-state index contributed by atoms with van der Waals surface area (Å²) in [5, 5.41) is 4.74. The molecule has 1 amide bonds. The van der Waals surface area contributed by atoms with E-state index in [4.69, 9.17) is 14.1 Å². The topological polar surface area (TPSA) is 67.6 Å². The van der Waals surface area contributed by atoms with E-state index >= 15 is 0 Å². The number of hydrogen-bond donors (Lipinski definition) is 1. The van der Waals surface area contributed by atoms with E-state index in [0.29, 0.717) is 34.4 Å². The van der Waals surface area contributed by atoms with Crippen molar-refractivity contribution in [3.63, 3.8) is 0 Å². The molecule has 2 aromatic heterocycles. The number of halogens is 1. The van der Waals surface area contributed by atoms with Gasteiger partial charge < -0.3 is 14.5 Å². The zero-order valence-electron chi connectivity index (χ0n) is 24.2. The number of aromatic nitrogens is 1. The van der Waals surface area contributed by atoms with Gasteiger partial charge in [-0.25, -0.2) is 4.98 Å². The number of furan rings is 1. The molecule has 7 rings (SSSR count). The number of para-hydroxylation sites is 1. The van der Waals surface area contributed by atoms with Crippen LogP contribution in [0.2, 0.25) is 0 Å². The summed E-state index contributed by atoms with van der Waals surface area (Å²) in [5.74, 6) is 1.74. The van der Waals surface area contributed by atoms with E-state index in [1.807, 2.05) is 78.9 Å². The van der Waals surface area contributed by atoms with Crippen LogP contribution in [0.15, 0.2) is 114 Å². The highest BCUT2D eigenvalue weighted by Crippen LogP contribution is 2.41. The van der Waals surface area contributed by atoms with Crippen molar-refractivity contribution in [1.82, 2.24) is 15.2 Å². The highest BCUT2D eigenvalue weighted by atomic mass is 127. The fourth-order valence-electron chi connectivity index (χ4n) is 6.00. The maximum Gasteiger partial charge on any atom is 0.259 e. The first kappa shape index (κ1) is 28.4. The lowest BCUT2D eigenvalue weighted by Gasteiger charge is -2.35. The normalized spacial score (nSPS) is 16.1. The lowest BCUT2D eigenvalue weighted by molar-refractivity contribution is 0.0811. The van der Waals surface area contributed by atoms with E-state index < -0.39 is 0 Å². The van der Waals surface area contributed by atoms with Gasteiger partial charge in [-0.1, -0.05) is 79.9 Å². The molecule has 1 aliphatic carbocycles. The molecule has 1 saturated carbocycles. The van der Waals surface area contributed by atoms with Gasteiger partial charge in [0.15, 0.2) is 5.76 Å². The number of fused-ring (bicyclic) bond motifs is 2. The molecule has 0 radical (unpaired) electrons. The van der Waals surface area contributed by atoms with Crippen LogP contribution in [0.4, 0.5) is 0 Å². The molecule has 5 aromatic rings. The Morgan fingerprint density at radius 3 is 2.50 bits per heavy atom. The third kappa shape index (κ3) is 5.88. The zero-order valence-corrected chi connectivity index (χ0v) is 26.4. The second-order valence-electron chi connectivity index (χ2n) is 11.2. The Bertz CT molecular complexity index is 1860. The van der Waals surface area contributed by atoms with Crippen molar-refractivity contribution in [2.24, 2.45) is 0 Å². The molecule has 6 nitrogen and oxygen atoms in total. The summed E-state index contributed by atoms with van der Waals surface area (Å²) in [4.78, 5) is 21.5. The molecule has 2 aliphatic rings. The Balaban J connectivity index is 1.47. The predicted octanol–water partition coefficient (Wildman–Crippen LogP) is 8.85. The molecule has 7 heteroatoms. The number of hydrogen-bond acceptors (Lipinski definition) is 5. The van der Waals surface area contributed by atoms with Crippen LogP contribution in [0.5, 0.6) is 0 Å². The average Bonchev–Trinajstić information content (AvgIpc) is 3.58. The fourth-order valence-corrected chi connectivity index (χ4v) is 6.62.